The summed E-state index contributed by atoms with van der Waals surface area (Å²) in [5.41, 5.74) is 0.906. The minimum absolute atomic E-state index is 0.237. The predicted octanol–water partition coefficient (Wildman–Crippen LogP) is 3.79. The third-order valence-electron chi connectivity index (χ3n) is 3.09. The monoisotopic (exact) mass is 356 g/mol. The molecule has 0 saturated heterocycles. The maximum absolute atomic E-state index is 12.3. The number of thiophene rings is 1. The van der Waals surface area contributed by atoms with E-state index >= 15 is 0 Å². The molecule has 2 aromatic heterocycles. The second kappa shape index (κ2) is 7.29. The van der Waals surface area contributed by atoms with E-state index in [9.17, 15) is 4.79 Å². The first-order valence-corrected chi connectivity index (χ1v) is 8.77. The maximum atomic E-state index is 12.3. The highest BCUT2D eigenvalue weighted by atomic mass is 32.2. The highest BCUT2D eigenvalue weighted by molar-refractivity contribution is 8.00. The minimum atomic E-state index is -0.451. The van der Waals surface area contributed by atoms with Gasteiger partial charge in [0.15, 0.2) is 0 Å². The van der Waals surface area contributed by atoms with Crippen LogP contribution in [0.25, 0.3) is 10.8 Å². The van der Waals surface area contributed by atoms with Crippen molar-refractivity contribution in [3.8, 4) is 16.8 Å². The molecule has 0 fully saturated rings. The van der Waals surface area contributed by atoms with Gasteiger partial charge in [-0.05, 0) is 30.5 Å². The van der Waals surface area contributed by atoms with Gasteiger partial charge in [-0.15, -0.1) is 21.5 Å². The van der Waals surface area contributed by atoms with Crippen LogP contribution in [0.1, 0.15) is 12.5 Å². The Labute approximate surface area is 146 Å². The molecule has 0 spiro atoms. The molecule has 0 saturated carbocycles. The van der Waals surface area contributed by atoms with Crippen molar-refractivity contribution < 1.29 is 9.21 Å². The maximum Gasteiger partial charge on any atom is 0.277 e. The van der Waals surface area contributed by atoms with Crippen LogP contribution in [0.15, 0.2) is 51.4 Å². The van der Waals surface area contributed by atoms with Gasteiger partial charge >= 0.3 is 0 Å². The zero-order chi connectivity index (χ0) is 16.9. The molecule has 0 unspecified atom stereocenters. The van der Waals surface area contributed by atoms with Crippen molar-refractivity contribution in [2.45, 2.75) is 17.4 Å². The molecule has 0 aliphatic heterocycles. The number of carbonyl (C=O) groups is 1. The molecule has 1 amide bonds. The van der Waals surface area contributed by atoms with Crippen LogP contribution >= 0.6 is 23.1 Å². The molecule has 1 N–H and O–H groups in total. The van der Waals surface area contributed by atoms with E-state index in [1.807, 2.05) is 23.6 Å². The van der Waals surface area contributed by atoms with Gasteiger partial charge in [0.2, 0.25) is 5.91 Å². The molecule has 0 aliphatic carbocycles. The van der Waals surface area contributed by atoms with Crippen LogP contribution in [-0.2, 0) is 4.79 Å². The van der Waals surface area contributed by atoms with Crippen molar-refractivity contribution in [3.05, 3.63) is 47.3 Å². The Morgan fingerprint density at radius 2 is 2.17 bits per heavy atom. The minimum Gasteiger partial charge on any atom is -0.410 e. The predicted molar refractivity (Wildman–Crippen MR) is 92.7 cm³/mol. The SMILES string of the molecule is C[C@H](Sc1nnc(-c2cccs2)o1)C(=O)Nc1ccccc1C#N. The number of anilines is 1. The summed E-state index contributed by atoms with van der Waals surface area (Å²) in [5, 5.41) is 21.5. The Morgan fingerprint density at radius 1 is 1.33 bits per heavy atom. The largest absolute Gasteiger partial charge is 0.410 e. The molecule has 1 aromatic carbocycles. The molecule has 0 aliphatic rings. The number of aromatic nitrogens is 2. The van der Waals surface area contributed by atoms with E-state index in [1.165, 1.54) is 23.1 Å². The topological polar surface area (TPSA) is 91.8 Å². The normalized spacial score (nSPS) is 11.7. The zero-order valence-corrected chi connectivity index (χ0v) is 14.2. The Kier molecular flexibility index (Phi) is 4.93. The molecule has 0 radical (unpaired) electrons. The fourth-order valence-corrected chi connectivity index (χ4v) is 3.21. The summed E-state index contributed by atoms with van der Waals surface area (Å²) in [4.78, 5) is 13.2. The van der Waals surface area contributed by atoms with Crippen LogP contribution in [0, 0.1) is 11.3 Å². The van der Waals surface area contributed by atoms with E-state index in [0.717, 1.165) is 4.88 Å². The van der Waals surface area contributed by atoms with E-state index in [-0.39, 0.29) is 5.91 Å². The van der Waals surface area contributed by atoms with Crippen molar-refractivity contribution in [1.82, 2.24) is 10.2 Å². The number of nitrogens with zero attached hydrogens (tertiary/aromatic N) is 3. The van der Waals surface area contributed by atoms with E-state index in [2.05, 4.69) is 15.5 Å². The summed E-state index contributed by atoms with van der Waals surface area (Å²) >= 11 is 2.68. The van der Waals surface area contributed by atoms with E-state index in [4.69, 9.17) is 9.68 Å². The lowest BCUT2D eigenvalue weighted by molar-refractivity contribution is -0.115. The van der Waals surface area contributed by atoms with Gasteiger partial charge in [0, 0.05) is 0 Å². The molecular weight excluding hydrogens is 344 g/mol. The second-order valence-corrected chi connectivity index (χ2v) is 7.00. The Hall–Kier alpha value is -2.63. The van der Waals surface area contributed by atoms with Gasteiger partial charge in [-0.1, -0.05) is 30.0 Å². The highest BCUT2D eigenvalue weighted by Gasteiger charge is 2.19. The first-order valence-electron chi connectivity index (χ1n) is 7.01. The first-order chi connectivity index (χ1) is 11.7. The Morgan fingerprint density at radius 3 is 2.92 bits per heavy atom. The Balaban J connectivity index is 1.65. The highest BCUT2D eigenvalue weighted by Crippen LogP contribution is 2.29. The third kappa shape index (κ3) is 3.64. The molecule has 120 valence electrons. The molecule has 1 atom stereocenters. The van der Waals surface area contributed by atoms with Gasteiger partial charge in [-0.3, -0.25) is 4.79 Å². The van der Waals surface area contributed by atoms with Crippen molar-refractivity contribution >= 4 is 34.7 Å². The molecule has 6 nitrogen and oxygen atoms in total. The van der Waals surface area contributed by atoms with Crippen LogP contribution in [0.2, 0.25) is 0 Å². The average Bonchev–Trinajstić information content (AvgIpc) is 3.26. The van der Waals surface area contributed by atoms with E-state index < -0.39 is 5.25 Å². The molecule has 2 heterocycles. The quantitative estimate of drug-likeness (QED) is 0.699. The molecule has 0 bridgehead atoms. The smallest absolute Gasteiger partial charge is 0.277 e. The van der Waals surface area contributed by atoms with Crippen molar-refractivity contribution in [1.29, 1.82) is 5.26 Å². The van der Waals surface area contributed by atoms with Gasteiger partial charge in [-0.25, -0.2) is 0 Å². The molecular formula is C16H12N4O2S2. The van der Waals surface area contributed by atoms with Crippen molar-refractivity contribution in [2.24, 2.45) is 0 Å². The number of amides is 1. The van der Waals surface area contributed by atoms with Gasteiger partial charge < -0.3 is 9.73 Å². The number of hydrogen-bond acceptors (Lipinski definition) is 7. The zero-order valence-electron chi connectivity index (χ0n) is 12.6. The molecule has 3 rings (SSSR count). The van der Waals surface area contributed by atoms with Gasteiger partial charge in [0.05, 0.1) is 21.4 Å². The summed E-state index contributed by atoms with van der Waals surface area (Å²) < 4.78 is 5.56. The fraction of sp³-hybridized carbons (Fsp3) is 0.125. The number of nitrogens with one attached hydrogen (secondary N) is 1. The summed E-state index contributed by atoms with van der Waals surface area (Å²) in [6.07, 6.45) is 0. The Bertz CT molecular complexity index is 884. The number of para-hydroxylation sites is 1. The lowest BCUT2D eigenvalue weighted by atomic mass is 10.2. The van der Waals surface area contributed by atoms with Crippen LogP contribution in [-0.4, -0.2) is 21.4 Å². The summed E-state index contributed by atoms with van der Waals surface area (Å²) in [7, 11) is 0. The lowest BCUT2D eigenvalue weighted by Gasteiger charge is -2.10. The second-order valence-electron chi connectivity index (χ2n) is 4.76. The number of hydrogen-bond donors (Lipinski definition) is 1. The number of benzene rings is 1. The van der Waals surface area contributed by atoms with Crippen LogP contribution < -0.4 is 5.32 Å². The van der Waals surface area contributed by atoms with Gasteiger partial charge in [0.25, 0.3) is 11.1 Å². The molecule has 24 heavy (non-hydrogen) atoms. The molecule has 8 heteroatoms. The van der Waals surface area contributed by atoms with Crippen LogP contribution in [0.5, 0.6) is 0 Å². The number of thioether (sulfide) groups is 1. The van der Waals surface area contributed by atoms with Gasteiger partial charge in [0.1, 0.15) is 6.07 Å². The lowest BCUT2D eigenvalue weighted by Crippen LogP contribution is -2.22. The summed E-state index contributed by atoms with van der Waals surface area (Å²) in [6.45, 7) is 1.74. The van der Waals surface area contributed by atoms with Crippen LogP contribution in [0.4, 0.5) is 5.69 Å². The van der Waals surface area contributed by atoms with Crippen molar-refractivity contribution in [3.63, 3.8) is 0 Å². The van der Waals surface area contributed by atoms with E-state index in [0.29, 0.717) is 22.4 Å². The van der Waals surface area contributed by atoms with Gasteiger partial charge in [-0.2, -0.15) is 5.26 Å². The molecule has 3 aromatic rings. The summed E-state index contributed by atoms with van der Waals surface area (Å²) in [5.74, 6) is 0.202. The van der Waals surface area contributed by atoms with E-state index in [1.54, 1.807) is 31.2 Å². The third-order valence-corrected chi connectivity index (χ3v) is 4.88. The summed E-state index contributed by atoms with van der Waals surface area (Å²) in [6, 6.07) is 12.7. The fourth-order valence-electron chi connectivity index (χ4n) is 1.89. The average molecular weight is 356 g/mol. The van der Waals surface area contributed by atoms with Crippen LogP contribution in [0.3, 0.4) is 0 Å². The number of carbonyl (C=O) groups excluding carboxylic acids is 1. The first kappa shape index (κ1) is 16.2. The number of nitriles is 1. The standard InChI is InChI=1S/C16H12N4O2S2/c1-10(14(21)18-12-6-3-2-5-11(12)9-17)24-16-20-19-15(22-16)13-7-4-8-23-13/h2-8,10H,1H3,(H,18,21)/t10-/m0/s1. The van der Waals surface area contributed by atoms with Crippen molar-refractivity contribution in [2.75, 3.05) is 5.32 Å². The number of rotatable bonds is 5.